The number of fused-ring (bicyclic) bond motifs is 1. The Morgan fingerprint density at radius 1 is 1.04 bits per heavy atom. The minimum Gasteiger partial charge on any atom is -0.438 e. The van der Waals surface area contributed by atoms with Crippen LogP contribution in [0.15, 0.2) is 65.4 Å². The molecule has 2 heterocycles. The molecule has 4 aromatic rings. The molecule has 0 radical (unpaired) electrons. The molecule has 25 heavy (non-hydrogen) atoms. The highest BCUT2D eigenvalue weighted by molar-refractivity contribution is 7.08. The summed E-state index contributed by atoms with van der Waals surface area (Å²) in [4.78, 5) is 20.8. The highest BCUT2D eigenvalue weighted by Gasteiger charge is 2.12. The highest BCUT2D eigenvalue weighted by atomic mass is 32.1. The van der Waals surface area contributed by atoms with Crippen molar-refractivity contribution in [3.05, 3.63) is 70.9 Å². The lowest BCUT2D eigenvalue weighted by Gasteiger charge is -2.10. The van der Waals surface area contributed by atoms with E-state index in [0.717, 1.165) is 16.5 Å². The van der Waals surface area contributed by atoms with Crippen molar-refractivity contribution < 1.29 is 9.53 Å². The van der Waals surface area contributed by atoms with Gasteiger partial charge in [-0.15, -0.1) is 0 Å². The molecule has 0 atom stereocenters. The second-order valence-electron chi connectivity index (χ2n) is 5.57. The summed E-state index contributed by atoms with van der Waals surface area (Å²) in [7, 11) is 0. The molecule has 0 bridgehead atoms. The summed E-state index contributed by atoms with van der Waals surface area (Å²) >= 11 is 1.60. The first kappa shape index (κ1) is 15.5. The van der Waals surface area contributed by atoms with Gasteiger partial charge in [0, 0.05) is 16.5 Å². The van der Waals surface area contributed by atoms with Crippen molar-refractivity contribution in [3.63, 3.8) is 0 Å². The lowest BCUT2D eigenvalue weighted by Crippen LogP contribution is -1.97. The quantitative estimate of drug-likeness (QED) is 0.467. The first-order valence-electron chi connectivity index (χ1n) is 7.79. The van der Waals surface area contributed by atoms with E-state index in [2.05, 4.69) is 9.97 Å². The molecule has 0 saturated carbocycles. The molecule has 4 nitrogen and oxygen atoms in total. The Hall–Kier alpha value is -3.05. The Kier molecular flexibility index (Phi) is 3.99. The number of carbonyl (C=O) groups excluding carboxylic acids is 1. The maximum absolute atomic E-state index is 11.6. The molecule has 4 rings (SSSR count). The van der Waals surface area contributed by atoms with Crippen LogP contribution in [0.3, 0.4) is 0 Å². The van der Waals surface area contributed by atoms with Gasteiger partial charge < -0.3 is 4.74 Å². The van der Waals surface area contributed by atoms with Gasteiger partial charge in [-0.05, 0) is 42.6 Å². The highest BCUT2D eigenvalue weighted by Crippen LogP contribution is 2.31. The molecule has 0 N–H and O–H groups in total. The first-order valence-corrected chi connectivity index (χ1v) is 8.73. The van der Waals surface area contributed by atoms with Gasteiger partial charge in [0.1, 0.15) is 5.75 Å². The molecule has 0 fully saturated rings. The van der Waals surface area contributed by atoms with Crippen molar-refractivity contribution in [1.29, 1.82) is 0 Å². The number of hydrogen-bond donors (Lipinski definition) is 0. The van der Waals surface area contributed by atoms with Crippen molar-refractivity contribution in [2.45, 2.75) is 6.92 Å². The van der Waals surface area contributed by atoms with Gasteiger partial charge >= 0.3 is 0 Å². The number of para-hydroxylation sites is 1. The maximum atomic E-state index is 11.6. The average molecular weight is 346 g/mol. The summed E-state index contributed by atoms with van der Waals surface area (Å²) in [5, 5.41) is 4.82. The van der Waals surface area contributed by atoms with Crippen LogP contribution in [0.25, 0.3) is 22.3 Å². The Morgan fingerprint density at radius 3 is 2.72 bits per heavy atom. The third kappa shape index (κ3) is 3.14. The van der Waals surface area contributed by atoms with Crippen LogP contribution in [0.2, 0.25) is 0 Å². The van der Waals surface area contributed by atoms with E-state index in [1.54, 1.807) is 29.5 Å². The molecule has 122 valence electrons. The minimum absolute atomic E-state index is 0.00282. The van der Waals surface area contributed by atoms with E-state index in [0.29, 0.717) is 23.0 Å². The van der Waals surface area contributed by atoms with Gasteiger partial charge in [0.15, 0.2) is 11.6 Å². The van der Waals surface area contributed by atoms with E-state index in [1.807, 2.05) is 47.2 Å². The molecule has 0 aliphatic rings. The molecule has 0 amide bonds. The summed E-state index contributed by atoms with van der Waals surface area (Å²) in [5.41, 5.74) is 2.38. The molecule has 0 aliphatic heterocycles. The zero-order valence-corrected chi connectivity index (χ0v) is 14.3. The third-order valence-corrected chi connectivity index (χ3v) is 4.49. The van der Waals surface area contributed by atoms with Gasteiger partial charge in [-0.3, -0.25) is 4.79 Å². The lowest BCUT2D eigenvalue weighted by molar-refractivity contribution is 0.101. The van der Waals surface area contributed by atoms with Gasteiger partial charge in [-0.25, -0.2) is 4.98 Å². The number of Topliss-reactive ketones (excluding diaryl/α,β-unsaturated/α-hetero) is 1. The van der Waals surface area contributed by atoms with Crippen molar-refractivity contribution in [3.8, 4) is 23.0 Å². The van der Waals surface area contributed by atoms with Crippen molar-refractivity contribution in [1.82, 2.24) is 9.97 Å². The number of ether oxygens (including phenoxy) is 1. The van der Waals surface area contributed by atoms with Crippen molar-refractivity contribution in [2.24, 2.45) is 0 Å². The van der Waals surface area contributed by atoms with E-state index < -0.39 is 0 Å². The predicted octanol–water partition coefficient (Wildman–Crippen LogP) is 5.35. The molecule has 0 spiro atoms. The predicted molar refractivity (Wildman–Crippen MR) is 99.4 cm³/mol. The standard InChI is InChI=1S/C20H14N2O2S/c1-13(23)14-5-4-6-16(11-14)24-20-17-7-2-3-8-18(17)21-19(22-20)15-9-10-25-12-15/h2-12H,1H3. The minimum atomic E-state index is -0.00282. The van der Waals surface area contributed by atoms with E-state index in [4.69, 9.17) is 4.74 Å². The molecule has 0 saturated heterocycles. The Bertz CT molecular complexity index is 1060. The number of thiophene rings is 1. The Morgan fingerprint density at radius 2 is 1.92 bits per heavy atom. The van der Waals surface area contributed by atoms with E-state index in [-0.39, 0.29) is 5.78 Å². The smallest absolute Gasteiger partial charge is 0.230 e. The van der Waals surface area contributed by atoms with Gasteiger partial charge in [0.25, 0.3) is 0 Å². The first-order chi connectivity index (χ1) is 12.2. The second-order valence-corrected chi connectivity index (χ2v) is 6.35. The number of hydrogen-bond acceptors (Lipinski definition) is 5. The van der Waals surface area contributed by atoms with Crippen molar-refractivity contribution >= 4 is 28.0 Å². The van der Waals surface area contributed by atoms with Crippen LogP contribution in [-0.2, 0) is 0 Å². The van der Waals surface area contributed by atoms with Crippen LogP contribution in [0.4, 0.5) is 0 Å². The zero-order chi connectivity index (χ0) is 17.2. The van der Waals surface area contributed by atoms with Crippen LogP contribution in [0.1, 0.15) is 17.3 Å². The number of benzene rings is 2. The number of ketones is 1. The average Bonchev–Trinajstić information content (AvgIpc) is 3.16. The molecule has 2 aromatic heterocycles. The summed E-state index contributed by atoms with van der Waals surface area (Å²) in [6.45, 7) is 1.54. The fourth-order valence-electron chi connectivity index (χ4n) is 2.54. The number of rotatable bonds is 4. The maximum Gasteiger partial charge on any atom is 0.230 e. The summed E-state index contributed by atoms with van der Waals surface area (Å²) in [5.74, 6) is 1.68. The summed E-state index contributed by atoms with van der Waals surface area (Å²) < 4.78 is 6.02. The molecular weight excluding hydrogens is 332 g/mol. The molecule has 0 unspecified atom stereocenters. The number of nitrogens with zero attached hydrogens (tertiary/aromatic N) is 2. The monoisotopic (exact) mass is 346 g/mol. The largest absolute Gasteiger partial charge is 0.438 e. The van der Waals surface area contributed by atoms with Gasteiger partial charge in [0.2, 0.25) is 5.88 Å². The van der Waals surface area contributed by atoms with Crippen LogP contribution >= 0.6 is 11.3 Å². The van der Waals surface area contributed by atoms with Crippen LogP contribution in [0, 0.1) is 0 Å². The molecule has 2 aromatic carbocycles. The molecule has 0 aliphatic carbocycles. The van der Waals surface area contributed by atoms with Crippen LogP contribution < -0.4 is 4.74 Å². The fraction of sp³-hybridized carbons (Fsp3) is 0.0500. The number of carbonyl (C=O) groups is 1. The SMILES string of the molecule is CC(=O)c1cccc(Oc2nc(-c3ccsc3)nc3ccccc23)c1. The third-order valence-electron chi connectivity index (χ3n) is 3.80. The van der Waals surface area contributed by atoms with Crippen LogP contribution in [0.5, 0.6) is 11.6 Å². The number of aromatic nitrogens is 2. The summed E-state index contributed by atoms with van der Waals surface area (Å²) in [6, 6.07) is 16.8. The zero-order valence-electron chi connectivity index (χ0n) is 13.5. The van der Waals surface area contributed by atoms with Crippen molar-refractivity contribution in [2.75, 3.05) is 0 Å². The Balaban J connectivity index is 1.83. The lowest BCUT2D eigenvalue weighted by atomic mass is 10.1. The molecule has 5 heteroatoms. The Labute approximate surface area is 148 Å². The second kappa shape index (κ2) is 6.45. The van der Waals surface area contributed by atoms with E-state index in [9.17, 15) is 4.79 Å². The normalized spacial score (nSPS) is 10.8. The van der Waals surface area contributed by atoms with Gasteiger partial charge in [-0.2, -0.15) is 16.3 Å². The van der Waals surface area contributed by atoms with Gasteiger partial charge in [-0.1, -0.05) is 24.3 Å². The van der Waals surface area contributed by atoms with E-state index in [1.165, 1.54) is 6.92 Å². The van der Waals surface area contributed by atoms with Gasteiger partial charge in [0.05, 0.1) is 10.9 Å². The van der Waals surface area contributed by atoms with Crippen LogP contribution in [-0.4, -0.2) is 15.8 Å². The van der Waals surface area contributed by atoms with E-state index >= 15 is 0 Å². The molecular formula is C20H14N2O2S. The topological polar surface area (TPSA) is 52.1 Å². The fourth-order valence-corrected chi connectivity index (χ4v) is 3.17. The summed E-state index contributed by atoms with van der Waals surface area (Å²) in [6.07, 6.45) is 0.